The van der Waals surface area contributed by atoms with E-state index in [2.05, 4.69) is 26.0 Å². The van der Waals surface area contributed by atoms with E-state index in [1.165, 1.54) is 13.0 Å². The summed E-state index contributed by atoms with van der Waals surface area (Å²) in [6.07, 6.45) is 0. The van der Waals surface area contributed by atoms with Gasteiger partial charge in [-0.25, -0.2) is 8.42 Å². The van der Waals surface area contributed by atoms with Crippen LogP contribution in [0.25, 0.3) is 0 Å². The molecule has 0 radical (unpaired) electrons. The van der Waals surface area contributed by atoms with Crippen molar-refractivity contribution in [3.63, 3.8) is 0 Å². The molecule has 1 unspecified atom stereocenters. The molecule has 0 spiro atoms. The highest BCUT2D eigenvalue weighted by atomic mass is 79.9. The highest BCUT2D eigenvalue weighted by Crippen LogP contribution is 2.34. The van der Waals surface area contributed by atoms with E-state index in [0.29, 0.717) is 15.4 Å². The zero-order valence-electron chi connectivity index (χ0n) is 9.66. The predicted octanol–water partition coefficient (Wildman–Crippen LogP) is 1.97. The van der Waals surface area contributed by atoms with Gasteiger partial charge in [0.1, 0.15) is 4.21 Å². The van der Waals surface area contributed by atoms with E-state index in [1.54, 1.807) is 6.92 Å². The Morgan fingerprint density at radius 1 is 1.61 bits per heavy atom. The Morgan fingerprint density at radius 3 is 2.67 bits per heavy atom. The Balaban J connectivity index is 2.85. The van der Waals surface area contributed by atoms with Crippen molar-refractivity contribution in [2.45, 2.75) is 24.1 Å². The van der Waals surface area contributed by atoms with Gasteiger partial charge in [-0.1, -0.05) is 11.6 Å². The summed E-state index contributed by atoms with van der Waals surface area (Å²) < 4.78 is 26.8. The molecule has 0 bridgehead atoms. The summed E-state index contributed by atoms with van der Waals surface area (Å²) in [6, 6.07) is 0.498. The molecule has 18 heavy (non-hydrogen) atoms. The van der Waals surface area contributed by atoms with Gasteiger partial charge in [0.25, 0.3) is 10.0 Å². The van der Waals surface area contributed by atoms with Gasteiger partial charge in [0.05, 0.1) is 14.9 Å². The number of likely N-dealkylation sites (N-methyl/N-ethyl adjacent to an activating group) is 1. The van der Waals surface area contributed by atoms with Crippen molar-refractivity contribution in [1.29, 1.82) is 0 Å². The van der Waals surface area contributed by atoms with Gasteiger partial charge in [0.15, 0.2) is 0 Å². The van der Waals surface area contributed by atoms with Gasteiger partial charge in [-0.05, 0) is 35.8 Å². The van der Waals surface area contributed by atoms with Crippen LogP contribution in [0, 0.1) is 0 Å². The minimum absolute atomic E-state index is 0.0653. The molecule has 1 rings (SSSR count). The Kier molecular flexibility index (Phi) is 5.60. The summed E-state index contributed by atoms with van der Waals surface area (Å²) in [5, 5.41) is 2.86. The van der Waals surface area contributed by atoms with E-state index in [1.807, 2.05) is 0 Å². The summed E-state index contributed by atoms with van der Waals surface area (Å²) >= 11 is 9.91. The molecule has 9 heteroatoms. The molecule has 102 valence electrons. The topological polar surface area (TPSA) is 75.3 Å². The summed E-state index contributed by atoms with van der Waals surface area (Å²) in [4.78, 5) is 11.5. The highest BCUT2D eigenvalue weighted by molar-refractivity contribution is 9.11. The maximum atomic E-state index is 12.0. The van der Waals surface area contributed by atoms with Crippen LogP contribution in [0.1, 0.15) is 13.8 Å². The number of nitrogens with one attached hydrogen (secondary N) is 2. The third-order valence-electron chi connectivity index (χ3n) is 1.96. The van der Waals surface area contributed by atoms with Crippen molar-refractivity contribution >= 4 is 54.8 Å². The fraction of sp³-hybridized carbons (Fsp3) is 0.444. The first-order chi connectivity index (χ1) is 8.27. The molecule has 5 nitrogen and oxygen atoms in total. The van der Waals surface area contributed by atoms with Crippen LogP contribution in [-0.2, 0) is 14.8 Å². The van der Waals surface area contributed by atoms with E-state index in [9.17, 15) is 13.2 Å². The standard InChI is InChI=1S/C9H12BrClN2O3S2/c1-3-12-9(14)5(2)13-18(15,16)7-4-6(11)8(10)17-7/h4-5,13H,3H2,1-2H3,(H,12,14). The highest BCUT2D eigenvalue weighted by Gasteiger charge is 2.24. The molecule has 0 saturated heterocycles. The molecule has 1 atom stereocenters. The van der Waals surface area contributed by atoms with Crippen LogP contribution >= 0.6 is 38.9 Å². The Bertz CT molecular complexity index is 525. The van der Waals surface area contributed by atoms with Gasteiger partial charge in [0, 0.05) is 6.54 Å². The lowest BCUT2D eigenvalue weighted by Gasteiger charge is -2.12. The molecular formula is C9H12BrClN2O3S2. The van der Waals surface area contributed by atoms with Crippen molar-refractivity contribution < 1.29 is 13.2 Å². The Hall–Kier alpha value is -0.150. The van der Waals surface area contributed by atoms with Crippen LogP contribution < -0.4 is 10.0 Å². The summed E-state index contributed by atoms with van der Waals surface area (Å²) in [6.45, 7) is 3.68. The first-order valence-electron chi connectivity index (χ1n) is 5.02. The third-order valence-corrected chi connectivity index (χ3v) is 6.45. The molecule has 1 aromatic rings. The number of carbonyl (C=O) groups is 1. The smallest absolute Gasteiger partial charge is 0.250 e. The second-order valence-corrected chi connectivity index (χ2v) is 8.14. The fourth-order valence-electron chi connectivity index (χ4n) is 1.13. The van der Waals surface area contributed by atoms with E-state index >= 15 is 0 Å². The number of hydrogen-bond acceptors (Lipinski definition) is 4. The monoisotopic (exact) mass is 374 g/mol. The Morgan fingerprint density at radius 2 is 2.22 bits per heavy atom. The van der Waals surface area contributed by atoms with Gasteiger partial charge in [-0.3, -0.25) is 4.79 Å². The van der Waals surface area contributed by atoms with E-state index in [-0.39, 0.29) is 10.1 Å². The Labute approximate surface area is 123 Å². The number of halogens is 2. The van der Waals surface area contributed by atoms with Gasteiger partial charge in [0.2, 0.25) is 5.91 Å². The molecule has 0 aromatic carbocycles. The van der Waals surface area contributed by atoms with Crippen molar-refractivity contribution in [3.8, 4) is 0 Å². The lowest BCUT2D eigenvalue weighted by Crippen LogP contribution is -2.44. The van der Waals surface area contributed by atoms with Gasteiger partial charge < -0.3 is 5.32 Å². The zero-order chi connectivity index (χ0) is 13.9. The van der Waals surface area contributed by atoms with Crippen molar-refractivity contribution in [1.82, 2.24) is 10.0 Å². The lowest BCUT2D eigenvalue weighted by atomic mass is 10.3. The SMILES string of the molecule is CCNC(=O)C(C)NS(=O)(=O)c1cc(Cl)c(Br)s1. The van der Waals surface area contributed by atoms with Crippen LogP contribution in [0.4, 0.5) is 0 Å². The predicted molar refractivity (Wildman–Crippen MR) is 75.5 cm³/mol. The van der Waals surface area contributed by atoms with Gasteiger partial charge in [-0.15, -0.1) is 11.3 Å². The minimum atomic E-state index is -3.73. The number of thiophene rings is 1. The molecular weight excluding hydrogens is 364 g/mol. The summed E-state index contributed by atoms with van der Waals surface area (Å²) in [7, 11) is -3.73. The first-order valence-corrected chi connectivity index (χ1v) is 8.50. The molecule has 1 amide bonds. The molecule has 0 aliphatic heterocycles. The van der Waals surface area contributed by atoms with Crippen molar-refractivity contribution in [3.05, 3.63) is 14.9 Å². The molecule has 0 aliphatic rings. The summed E-state index contributed by atoms with van der Waals surface area (Å²) in [5.41, 5.74) is 0. The zero-order valence-corrected chi connectivity index (χ0v) is 13.6. The minimum Gasteiger partial charge on any atom is -0.355 e. The van der Waals surface area contributed by atoms with Crippen LogP contribution in [0.5, 0.6) is 0 Å². The normalized spacial score (nSPS) is 13.3. The lowest BCUT2D eigenvalue weighted by molar-refractivity contribution is -0.122. The first kappa shape index (κ1) is 15.9. The van der Waals surface area contributed by atoms with Gasteiger partial charge in [-0.2, -0.15) is 4.72 Å². The van der Waals surface area contributed by atoms with Crippen molar-refractivity contribution in [2.75, 3.05) is 6.54 Å². The maximum Gasteiger partial charge on any atom is 0.250 e. The molecule has 2 N–H and O–H groups in total. The van der Waals surface area contributed by atoms with E-state index in [4.69, 9.17) is 11.6 Å². The number of sulfonamides is 1. The second-order valence-electron chi connectivity index (χ2n) is 3.42. The quantitative estimate of drug-likeness (QED) is 0.826. The number of amides is 1. The number of carbonyl (C=O) groups excluding carboxylic acids is 1. The maximum absolute atomic E-state index is 12.0. The van der Waals surface area contributed by atoms with Crippen LogP contribution in [0.15, 0.2) is 14.1 Å². The third kappa shape index (κ3) is 3.92. The molecule has 1 heterocycles. The van der Waals surface area contributed by atoms with Gasteiger partial charge >= 0.3 is 0 Å². The summed E-state index contributed by atoms with van der Waals surface area (Å²) in [5.74, 6) is -0.372. The molecule has 1 aromatic heterocycles. The van der Waals surface area contributed by atoms with Crippen LogP contribution in [0.3, 0.4) is 0 Å². The fourth-order valence-corrected chi connectivity index (χ4v) is 4.75. The average molecular weight is 376 g/mol. The number of hydrogen-bond donors (Lipinski definition) is 2. The van der Waals surface area contributed by atoms with Crippen LogP contribution in [0.2, 0.25) is 5.02 Å². The molecule has 0 fully saturated rings. The molecule has 0 saturated carbocycles. The van der Waals surface area contributed by atoms with Crippen molar-refractivity contribution in [2.24, 2.45) is 0 Å². The second kappa shape index (κ2) is 6.33. The molecule has 0 aliphatic carbocycles. The van der Waals surface area contributed by atoms with Crippen LogP contribution in [-0.4, -0.2) is 26.9 Å². The van der Waals surface area contributed by atoms with E-state index in [0.717, 1.165) is 11.3 Å². The number of rotatable bonds is 5. The van der Waals surface area contributed by atoms with E-state index < -0.39 is 16.1 Å². The largest absolute Gasteiger partial charge is 0.355 e. The average Bonchev–Trinajstić information content (AvgIpc) is 2.60.